The first-order valence-corrected chi connectivity index (χ1v) is 16.8. The van der Waals surface area contributed by atoms with Gasteiger partial charge in [0.1, 0.15) is 11.1 Å². The molecule has 7 aromatic carbocycles. The highest BCUT2D eigenvalue weighted by atomic mass is 32.1. The first-order chi connectivity index (χ1) is 23.3. The predicted octanol–water partition coefficient (Wildman–Crippen LogP) is 12.9. The Morgan fingerprint density at radius 1 is 0.426 bits per heavy atom. The molecule has 0 bridgehead atoms. The lowest BCUT2D eigenvalue weighted by atomic mass is 9.93. The van der Waals surface area contributed by atoms with Gasteiger partial charge in [0.05, 0.1) is 5.52 Å². The van der Waals surface area contributed by atoms with Crippen LogP contribution in [0.4, 0.5) is 0 Å². The predicted molar refractivity (Wildman–Crippen MR) is 200 cm³/mol. The third-order valence-electron chi connectivity index (χ3n) is 9.43. The second kappa shape index (κ2) is 10.3. The molecule has 0 amide bonds. The Morgan fingerprint density at radius 2 is 1.04 bits per heavy atom. The first kappa shape index (κ1) is 26.3. The number of thiophene rings is 1. The van der Waals surface area contributed by atoms with E-state index in [1.807, 2.05) is 11.3 Å². The fourth-order valence-electron chi connectivity index (χ4n) is 7.33. The number of furan rings is 1. The summed E-state index contributed by atoms with van der Waals surface area (Å²) in [5.41, 5.74) is 12.6. The molecule has 0 saturated heterocycles. The summed E-state index contributed by atoms with van der Waals surface area (Å²) in [5, 5.41) is 4.84. The molecular formula is C44H27NOS. The lowest BCUT2D eigenvalue weighted by molar-refractivity contribution is 0.673. The minimum Gasteiger partial charge on any atom is -0.454 e. The topological polar surface area (TPSA) is 18.1 Å². The molecule has 47 heavy (non-hydrogen) atoms. The van der Waals surface area contributed by atoms with Crippen molar-refractivity contribution in [3.8, 4) is 39.1 Å². The second-order valence-corrected chi connectivity index (χ2v) is 13.1. The molecule has 0 aliphatic heterocycles. The average molecular weight is 618 g/mol. The van der Waals surface area contributed by atoms with Crippen LogP contribution < -0.4 is 0 Å². The van der Waals surface area contributed by atoms with E-state index in [-0.39, 0.29) is 0 Å². The van der Waals surface area contributed by atoms with Crippen molar-refractivity contribution < 1.29 is 4.42 Å². The van der Waals surface area contributed by atoms with Crippen molar-refractivity contribution in [2.75, 3.05) is 0 Å². The minimum atomic E-state index is 0.895. The first-order valence-electron chi connectivity index (χ1n) is 15.9. The second-order valence-electron chi connectivity index (χ2n) is 12.1. The van der Waals surface area contributed by atoms with Gasteiger partial charge in [0.15, 0.2) is 5.58 Å². The van der Waals surface area contributed by atoms with Gasteiger partial charge in [-0.3, -0.25) is 0 Å². The Labute approximate surface area is 275 Å². The summed E-state index contributed by atoms with van der Waals surface area (Å²) in [6.07, 6.45) is 0. The molecule has 0 radical (unpaired) electrons. The monoisotopic (exact) mass is 617 g/mol. The van der Waals surface area contributed by atoms with Crippen LogP contribution in [0.3, 0.4) is 0 Å². The quantitative estimate of drug-likeness (QED) is 0.192. The smallest absolute Gasteiger partial charge is 0.161 e. The summed E-state index contributed by atoms with van der Waals surface area (Å²) >= 11 is 1.90. The van der Waals surface area contributed by atoms with Crippen LogP contribution in [0.5, 0.6) is 0 Å². The Bertz CT molecular complexity index is 2780. The summed E-state index contributed by atoms with van der Waals surface area (Å²) in [7, 11) is 0. The van der Waals surface area contributed by atoms with Gasteiger partial charge in [0.25, 0.3) is 0 Å². The van der Waals surface area contributed by atoms with E-state index in [0.717, 1.165) is 38.7 Å². The zero-order chi connectivity index (χ0) is 30.9. The van der Waals surface area contributed by atoms with Crippen molar-refractivity contribution in [2.24, 2.45) is 0 Å². The van der Waals surface area contributed by atoms with Crippen molar-refractivity contribution >= 4 is 64.5 Å². The molecule has 0 aliphatic rings. The van der Waals surface area contributed by atoms with Crippen LogP contribution in [0.15, 0.2) is 168 Å². The maximum atomic E-state index is 6.59. The molecule has 0 aliphatic carbocycles. The fourth-order valence-corrected chi connectivity index (χ4v) is 8.69. The van der Waals surface area contributed by atoms with E-state index in [4.69, 9.17) is 4.42 Å². The van der Waals surface area contributed by atoms with Gasteiger partial charge in [-0.1, -0.05) is 127 Å². The Morgan fingerprint density at radius 3 is 1.85 bits per heavy atom. The molecule has 10 rings (SSSR count). The molecule has 0 atom stereocenters. The van der Waals surface area contributed by atoms with Gasteiger partial charge in [0.2, 0.25) is 0 Å². The highest BCUT2D eigenvalue weighted by Gasteiger charge is 2.21. The Hall–Kier alpha value is -5.90. The van der Waals surface area contributed by atoms with E-state index in [9.17, 15) is 0 Å². The van der Waals surface area contributed by atoms with E-state index < -0.39 is 0 Å². The third kappa shape index (κ3) is 3.97. The van der Waals surface area contributed by atoms with Crippen LogP contribution in [0.1, 0.15) is 0 Å². The number of nitrogens with zero attached hydrogens (tertiary/aromatic N) is 1. The van der Waals surface area contributed by atoms with E-state index in [1.54, 1.807) is 0 Å². The Balaban J connectivity index is 1.20. The molecule has 3 aromatic heterocycles. The molecule has 0 saturated carbocycles. The van der Waals surface area contributed by atoms with Crippen molar-refractivity contribution in [3.63, 3.8) is 0 Å². The summed E-state index contributed by atoms with van der Waals surface area (Å²) in [6, 6.07) is 58.8. The van der Waals surface area contributed by atoms with E-state index in [2.05, 4.69) is 168 Å². The van der Waals surface area contributed by atoms with Crippen LogP contribution in [-0.2, 0) is 0 Å². The van der Waals surface area contributed by atoms with Crippen LogP contribution in [0.25, 0.3) is 92.2 Å². The lowest BCUT2D eigenvalue weighted by Crippen LogP contribution is -1.93. The van der Waals surface area contributed by atoms with Gasteiger partial charge in [-0.25, -0.2) is 0 Å². The van der Waals surface area contributed by atoms with Gasteiger partial charge in [-0.2, -0.15) is 0 Å². The summed E-state index contributed by atoms with van der Waals surface area (Å²) in [6.45, 7) is 0. The van der Waals surface area contributed by atoms with Gasteiger partial charge in [-0.05, 0) is 64.2 Å². The summed E-state index contributed by atoms with van der Waals surface area (Å²) < 4.78 is 11.6. The number of hydrogen-bond donors (Lipinski definition) is 0. The van der Waals surface area contributed by atoms with Crippen LogP contribution >= 0.6 is 11.3 Å². The van der Waals surface area contributed by atoms with E-state index in [1.165, 1.54) is 53.6 Å². The number of para-hydroxylation sites is 2. The molecule has 0 spiro atoms. The van der Waals surface area contributed by atoms with Gasteiger partial charge in [0, 0.05) is 42.2 Å². The maximum absolute atomic E-state index is 6.59. The number of rotatable bonds is 4. The zero-order valence-electron chi connectivity index (χ0n) is 25.4. The van der Waals surface area contributed by atoms with Crippen molar-refractivity contribution in [2.45, 2.75) is 0 Å². The molecule has 3 heteroatoms. The molecule has 0 N–H and O–H groups in total. The fraction of sp³-hybridized carbons (Fsp3) is 0. The normalized spacial score (nSPS) is 11.8. The molecule has 2 nitrogen and oxygen atoms in total. The molecule has 3 heterocycles. The number of aromatic nitrogens is 1. The number of fused-ring (bicyclic) bond motifs is 8. The maximum Gasteiger partial charge on any atom is 0.161 e. The standard InChI is InChI=1S/C44H27NOS/c1-3-13-28(14-4-1)32-20-11-22-35-36-23-12-21-34(44(36)47-43(32)35)33-18-8-7-17-31(33)29-25-26-40-38(27-29)41-42(46-40)37-19-9-10-24-39(37)45(41)30-15-5-2-6-16-30/h1-27H. The minimum absolute atomic E-state index is 0.895. The van der Waals surface area contributed by atoms with Crippen LogP contribution in [0.2, 0.25) is 0 Å². The average Bonchev–Trinajstić information content (AvgIpc) is 3.81. The highest BCUT2D eigenvalue weighted by molar-refractivity contribution is 7.26. The Kier molecular flexibility index (Phi) is 5.78. The largest absolute Gasteiger partial charge is 0.454 e. The van der Waals surface area contributed by atoms with Crippen molar-refractivity contribution in [1.82, 2.24) is 4.57 Å². The molecule has 10 aromatic rings. The SMILES string of the molecule is c1ccc(-c2cccc3c2sc2c(-c4ccccc4-c4ccc5oc6c7ccccc7n(-c7ccccc7)c6c5c4)cccc23)cc1. The number of benzene rings is 7. The summed E-state index contributed by atoms with van der Waals surface area (Å²) in [4.78, 5) is 0. The zero-order valence-corrected chi connectivity index (χ0v) is 26.2. The van der Waals surface area contributed by atoms with Gasteiger partial charge in [-0.15, -0.1) is 11.3 Å². The van der Waals surface area contributed by atoms with Gasteiger partial charge >= 0.3 is 0 Å². The van der Waals surface area contributed by atoms with E-state index >= 15 is 0 Å². The molecule has 0 fully saturated rings. The lowest BCUT2D eigenvalue weighted by Gasteiger charge is -2.12. The number of hydrogen-bond acceptors (Lipinski definition) is 2. The third-order valence-corrected chi connectivity index (χ3v) is 10.7. The summed E-state index contributed by atoms with van der Waals surface area (Å²) in [5.74, 6) is 0. The highest BCUT2D eigenvalue weighted by Crippen LogP contribution is 2.46. The van der Waals surface area contributed by atoms with Crippen molar-refractivity contribution in [1.29, 1.82) is 0 Å². The van der Waals surface area contributed by atoms with Gasteiger partial charge < -0.3 is 8.98 Å². The van der Waals surface area contributed by atoms with E-state index in [0.29, 0.717) is 0 Å². The molecule has 220 valence electrons. The molecular weight excluding hydrogens is 591 g/mol. The molecule has 0 unspecified atom stereocenters. The van der Waals surface area contributed by atoms with Crippen LogP contribution in [0, 0.1) is 0 Å². The van der Waals surface area contributed by atoms with Crippen molar-refractivity contribution in [3.05, 3.63) is 164 Å². The van der Waals surface area contributed by atoms with Crippen LogP contribution in [-0.4, -0.2) is 4.57 Å².